The molecule has 1 aliphatic carbocycles. The van der Waals surface area contributed by atoms with E-state index in [1.165, 1.54) is 0 Å². The number of halogens is 2. The number of carboxylic acid groups (broad SMARTS) is 1. The van der Waals surface area contributed by atoms with Crippen molar-refractivity contribution in [3.05, 3.63) is 29.3 Å². The third-order valence-electron chi connectivity index (χ3n) is 3.99. The number of carboxylic acids is 1. The van der Waals surface area contributed by atoms with E-state index in [1.807, 2.05) is 0 Å². The van der Waals surface area contributed by atoms with Gasteiger partial charge in [0.25, 0.3) is 0 Å². The third-order valence-corrected chi connectivity index (χ3v) is 3.99. The molecule has 0 aromatic heterocycles. The molecule has 0 atom stereocenters. The van der Waals surface area contributed by atoms with Crippen molar-refractivity contribution in [1.82, 2.24) is 0 Å². The number of hydrogen-bond acceptors (Lipinski definition) is 2. The molecule has 1 saturated carbocycles. The summed E-state index contributed by atoms with van der Waals surface area (Å²) in [5.74, 6) is -2.95. The number of carbonyl (C=O) groups is 1. The van der Waals surface area contributed by atoms with E-state index in [4.69, 9.17) is 5.11 Å². The van der Waals surface area contributed by atoms with Crippen LogP contribution in [0, 0.1) is 11.6 Å². The summed E-state index contributed by atoms with van der Waals surface area (Å²) in [6.07, 6.45) is 6.27. The van der Waals surface area contributed by atoms with Gasteiger partial charge < -0.3 is 10.0 Å². The van der Waals surface area contributed by atoms with Gasteiger partial charge in [-0.05, 0) is 25.0 Å². The van der Waals surface area contributed by atoms with Crippen molar-refractivity contribution in [2.45, 2.75) is 44.6 Å². The van der Waals surface area contributed by atoms with Crippen molar-refractivity contribution >= 4 is 11.7 Å². The van der Waals surface area contributed by atoms with E-state index in [9.17, 15) is 13.6 Å². The van der Waals surface area contributed by atoms with Crippen LogP contribution in [0.15, 0.2) is 12.1 Å². The van der Waals surface area contributed by atoms with Gasteiger partial charge in [-0.2, -0.15) is 0 Å². The van der Waals surface area contributed by atoms with Crippen LogP contribution >= 0.6 is 0 Å². The molecule has 1 fully saturated rings. The summed E-state index contributed by atoms with van der Waals surface area (Å²) in [5.41, 5.74) is -0.486. The molecule has 2 rings (SSSR count). The molecule has 0 heterocycles. The zero-order valence-electron chi connectivity index (χ0n) is 11.5. The van der Waals surface area contributed by atoms with Crippen LogP contribution in [-0.4, -0.2) is 24.2 Å². The normalized spacial score (nSPS) is 16.8. The predicted octanol–water partition coefficient (Wildman–Crippen LogP) is 3.82. The second kappa shape index (κ2) is 6.20. The number of hydrogen-bond donors (Lipinski definition) is 1. The molecule has 0 spiro atoms. The van der Waals surface area contributed by atoms with Crippen molar-refractivity contribution in [3.63, 3.8) is 0 Å². The Balaban J connectivity index is 2.29. The minimum atomic E-state index is -1.33. The van der Waals surface area contributed by atoms with Crippen LogP contribution in [0.25, 0.3) is 0 Å². The van der Waals surface area contributed by atoms with Crippen LogP contribution in [0.3, 0.4) is 0 Å². The van der Waals surface area contributed by atoms with Gasteiger partial charge in [-0.15, -0.1) is 0 Å². The van der Waals surface area contributed by atoms with E-state index in [0.29, 0.717) is 0 Å². The molecular formula is C15H19F2NO2. The van der Waals surface area contributed by atoms with E-state index in [-0.39, 0.29) is 17.3 Å². The Kier molecular flexibility index (Phi) is 4.57. The maximum absolute atomic E-state index is 14.0. The number of nitrogens with zero attached hydrogens (tertiary/aromatic N) is 1. The lowest BCUT2D eigenvalue weighted by Crippen LogP contribution is -2.32. The second-order valence-electron chi connectivity index (χ2n) is 5.35. The highest BCUT2D eigenvalue weighted by Crippen LogP contribution is 2.30. The van der Waals surface area contributed by atoms with Gasteiger partial charge in [0.15, 0.2) is 0 Å². The molecule has 0 amide bonds. The first-order valence-electron chi connectivity index (χ1n) is 6.96. The monoisotopic (exact) mass is 283 g/mol. The molecule has 1 N–H and O–H groups in total. The molecule has 1 aromatic rings. The molecular weight excluding hydrogens is 264 g/mol. The molecule has 3 nitrogen and oxygen atoms in total. The van der Waals surface area contributed by atoms with Gasteiger partial charge in [-0.1, -0.05) is 25.7 Å². The maximum atomic E-state index is 14.0. The zero-order chi connectivity index (χ0) is 14.7. The fourth-order valence-electron chi connectivity index (χ4n) is 2.85. The Morgan fingerprint density at radius 1 is 1.15 bits per heavy atom. The third kappa shape index (κ3) is 3.08. The van der Waals surface area contributed by atoms with Crippen LogP contribution in [-0.2, 0) is 0 Å². The predicted molar refractivity (Wildman–Crippen MR) is 73.2 cm³/mol. The van der Waals surface area contributed by atoms with E-state index >= 15 is 0 Å². The van der Waals surface area contributed by atoms with Gasteiger partial charge >= 0.3 is 5.97 Å². The van der Waals surface area contributed by atoms with E-state index in [0.717, 1.165) is 50.7 Å². The van der Waals surface area contributed by atoms with Crippen molar-refractivity contribution in [3.8, 4) is 0 Å². The first kappa shape index (κ1) is 14.8. The fourth-order valence-corrected chi connectivity index (χ4v) is 2.85. The van der Waals surface area contributed by atoms with Gasteiger partial charge in [0.2, 0.25) is 0 Å². The van der Waals surface area contributed by atoms with E-state index in [1.54, 1.807) is 11.9 Å². The molecule has 0 bridgehead atoms. The summed E-state index contributed by atoms with van der Waals surface area (Å²) < 4.78 is 28.1. The van der Waals surface area contributed by atoms with Crippen molar-refractivity contribution < 1.29 is 18.7 Å². The summed E-state index contributed by atoms with van der Waals surface area (Å²) in [6, 6.07) is 1.87. The molecule has 0 radical (unpaired) electrons. The van der Waals surface area contributed by atoms with Crippen molar-refractivity contribution in [2.24, 2.45) is 0 Å². The first-order valence-corrected chi connectivity index (χ1v) is 6.96. The van der Waals surface area contributed by atoms with Crippen LogP contribution in [0.1, 0.15) is 48.9 Å². The number of aromatic carboxylic acids is 1. The summed E-state index contributed by atoms with van der Waals surface area (Å²) >= 11 is 0. The fraction of sp³-hybridized carbons (Fsp3) is 0.533. The van der Waals surface area contributed by atoms with Crippen LogP contribution in [0.2, 0.25) is 0 Å². The van der Waals surface area contributed by atoms with E-state index < -0.39 is 17.6 Å². The van der Waals surface area contributed by atoms with Crippen molar-refractivity contribution in [2.75, 3.05) is 11.9 Å². The lowest BCUT2D eigenvalue weighted by Gasteiger charge is -2.30. The van der Waals surface area contributed by atoms with Gasteiger partial charge in [0.05, 0.1) is 5.56 Å². The molecule has 1 aromatic carbocycles. The number of rotatable bonds is 3. The zero-order valence-corrected chi connectivity index (χ0v) is 11.5. The Labute approximate surface area is 117 Å². The van der Waals surface area contributed by atoms with Crippen LogP contribution in [0.5, 0.6) is 0 Å². The number of anilines is 1. The van der Waals surface area contributed by atoms with Crippen LogP contribution in [0.4, 0.5) is 14.5 Å². The average molecular weight is 283 g/mol. The maximum Gasteiger partial charge on any atom is 0.335 e. The van der Waals surface area contributed by atoms with Gasteiger partial charge in [0, 0.05) is 13.1 Å². The standard InChI is InChI=1S/C15H19F2NO2/c1-18(11-6-4-2-3-5-7-11)14-12(16)8-10(15(19)20)9-13(14)17/h8-9,11H,2-7H2,1H3,(H,19,20). The average Bonchev–Trinajstić information content (AvgIpc) is 2.66. The minimum absolute atomic E-state index is 0.108. The van der Waals surface area contributed by atoms with Crippen LogP contribution < -0.4 is 4.90 Å². The summed E-state index contributed by atoms with van der Waals surface area (Å²) in [7, 11) is 1.68. The molecule has 0 aliphatic heterocycles. The molecule has 0 unspecified atom stereocenters. The highest BCUT2D eigenvalue weighted by molar-refractivity contribution is 5.88. The van der Waals surface area contributed by atoms with E-state index in [2.05, 4.69) is 0 Å². The van der Waals surface area contributed by atoms with Crippen molar-refractivity contribution in [1.29, 1.82) is 0 Å². The summed E-state index contributed by atoms with van der Waals surface area (Å²) in [4.78, 5) is 12.4. The molecule has 1 aliphatic rings. The summed E-state index contributed by atoms with van der Waals surface area (Å²) in [6.45, 7) is 0. The Morgan fingerprint density at radius 3 is 2.10 bits per heavy atom. The molecule has 20 heavy (non-hydrogen) atoms. The summed E-state index contributed by atoms with van der Waals surface area (Å²) in [5, 5.41) is 8.80. The lowest BCUT2D eigenvalue weighted by molar-refractivity contribution is 0.0695. The largest absolute Gasteiger partial charge is 0.478 e. The Bertz CT molecular complexity index is 474. The highest BCUT2D eigenvalue weighted by Gasteiger charge is 2.24. The smallest absolute Gasteiger partial charge is 0.335 e. The highest BCUT2D eigenvalue weighted by atomic mass is 19.1. The molecule has 0 saturated heterocycles. The minimum Gasteiger partial charge on any atom is -0.478 e. The first-order chi connectivity index (χ1) is 9.50. The Morgan fingerprint density at radius 2 is 1.65 bits per heavy atom. The topological polar surface area (TPSA) is 40.5 Å². The SMILES string of the molecule is CN(c1c(F)cc(C(=O)O)cc1F)C1CCCCCC1. The van der Waals surface area contributed by atoms with Gasteiger partial charge in [-0.3, -0.25) is 0 Å². The quantitative estimate of drug-likeness (QED) is 0.857. The molecule has 110 valence electrons. The molecule has 5 heteroatoms. The number of benzene rings is 1. The van der Waals surface area contributed by atoms with Gasteiger partial charge in [-0.25, -0.2) is 13.6 Å². The Hall–Kier alpha value is -1.65. The second-order valence-corrected chi connectivity index (χ2v) is 5.35. The van der Waals surface area contributed by atoms with Gasteiger partial charge in [0.1, 0.15) is 17.3 Å². The lowest BCUT2D eigenvalue weighted by atomic mass is 10.1.